The van der Waals surface area contributed by atoms with Crippen LogP contribution in [0.2, 0.25) is 0 Å². The topological polar surface area (TPSA) is 86.8 Å². The Hall–Kier alpha value is -2.94. The Bertz CT molecular complexity index is 1140. The number of rotatable bonds is 8. The molecule has 0 aromatic heterocycles. The summed E-state index contributed by atoms with van der Waals surface area (Å²) < 4.78 is 39.8. The molecule has 2 amide bonds. The minimum Gasteiger partial charge on any atom is -0.350 e. The first-order chi connectivity index (χ1) is 15.6. The van der Waals surface area contributed by atoms with E-state index in [1.807, 2.05) is 33.8 Å². The van der Waals surface area contributed by atoms with Gasteiger partial charge in [0.15, 0.2) is 0 Å². The molecule has 9 heteroatoms. The number of nitrogens with zero attached hydrogens (tertiary/aromatic N) is 2. The highest BCUT2D eigenvalue weighted by Gasteiger charge is 2.31. The molecule has 0 saturated carbocycles. The number of halogens is 1. The van der Waals surface area contributed by atoms with E-state index in [1.165, 1.54) is 29.2 Å². The van der Waals surface area contributed by atoms with Gasteiger partial charge in [-0.1, -0.05) is 24.3 Å². The van der Waals surface area contributed by atoms with E-state index in [0.29, 0.717) is 11.3 Å². The molecule has 0 aliphatic heterocycles. The van der Waals surface area contributed by atoms with E-state index >= 15 is 0 Å². The number of aryl methyl sites for hydroxylation is 1. The van der Waals surface area contributed by atoms with Gasteiger partial charge in [-0.25, -0.2) is 12.8 Å². The fraction of sp³-hybridized carbons (Fsp3) is 0.440. The fourth-order valence-electron chi connectivity index (χ4n) is 3.44. The van der Waals surface area contributed by atoms with Crippen LogP contribution in [-0.4, -0.2) is 49.5 Å². The summed E-state index contributed by atoms with van der Waals surface area (Å²) in [7, 11) is -3.80. The lowest BCUT2D eigenvalue weighted by Gasteiger charge is -2.33. The van der Waals surface area contributed by atoms with E-state index in [4.69, 9.17) is 0 Å². The minimum absolute atomic E-state index is 0.0161. The summed E-state index contributed by atoms with van der Waals surface area (Å²) >= 11 is 0. The van der Waals surface area contributed by atoms with E-state index in [1.54, 1.807) is 26.0 Å². The van der Waals surface area contributed by atoms with Crippen molar-refractivity contribution < 1.29 is 22.4 Å². The third-order valence-corrected chi connectivity index (χ3v) is 6.58. The number of carbonyl (C=O) groups excluding carboxylic acids is 2. The number of anilines is 1. The highest BCUT2D eigenvalue weighted by Crippen LogP contribution is 2.25. The highest BCUT2D eigenvalue weighted by atomic mass is 32.2. The maximum absolute atomic E-state index is 13.5. The van der Waals surface area contributed by atoms with Crippen LogP contribution in [0.25, 0.3) is 0 Å². The van der Waals surface area contributed by atoms with Crippen LogP contribution in [0.3, 0.4) is 0 Å². The molecule has 1 atom stereocenters. The number of hydrogen-bond acceptors (Lipinski definition) is 4. The van der Waals surface area contributed by atoms with Crippen molar-refractivity contribution >= 4 is 27.5 Å². The van der Waals surface area contributed by atoms with Gasteiger partial charge in [-0.3, -0.25) is 13.9 Å². The van der Waals surface area contributed by atoms with Gasteiger partial charge in [0.2, 0.25) is 21.8 Å². The summed E-state index contributed by atoms with van der Waals surface area (Å²) in [4.78, 5) is 27.7. The Labute approximate surface area is 202 Å². The first-order valence-electron chi connectivity index (χ1n) is 11.0. The molecule has 0 heterocycles. The molecule has 2 aromatic carbocycles. The van der Waals surface area contributed by atoms with Crippen LogP contribution in [0.5, 0.6) is 0 Å². The molecule has 0 aliphatic rings. The van der Waals surface area contributed by atoms with Crippen LogP contribution in [0.4, 0.5) is 10.1 Å². The third-order valence-electron chi connectivity index (χ3n) is 5.46. The van der Waals surface area contributed by atoms with Crippen LogP contribution >= 0.6 is 0 Å². The van der Waals surface area contributed by atoms with Gasteiger partial charge in [0.1, 0.15) is 18.4 Å². The van der Waals surface area contributed by atoms with Crippen LogP contribution in [0, 0.1) is 19.7 Å². The SMILES string of the molecule is Cc1cccc(N(CC(=O)N(Cc2ccc(F)cc2)C(C)C(=O)NC(C)(C)C)S(C)(=O)=O)c1C. The molecule has 1 N–H and O–H groups in total. The van der Waals surface area contributed by atoms with E-state index in [2.05, 4.69) is 5.32 Å². The Morgan fingerprint density at radius 3 is 2.18 bits per heavy atom. The van der Waals surface area contributed by atoms with Crippen molar-refractivity contribution in [3.05, 3.63) is 65.0 Å². The molecule has 186 valence electrons. The molecule has 0 radical (unpaired) electrons. The molecule has 0 bridgehead atoms. The lowest BCUT2D eigenvalue weighted by atomic mass is 10.1. The number of benzene rings is 2. The second-order valence-electron chi connectivity index (χ2n) is 9.55. The normalized spacial score (nSPS) is 12.7. The van der Waals surface area contributed by atoms with Crippen LogP contribution in [0.15, 0.2) is 42.5 Å². The lowest BCUT2D eigenvalue weighted by molar-refractivity contribution is -0.140. The van der Waals surface area contributed by atoms with Crippen molar-refractivity contribution in [2.75, 3.05) is 17.1 Å². The molecule has 7 nitrogen and oxygen atoms in total. The predicted molar refractivity (Wildman–Crippen MR) is 132 cm³/mol. The number of hydrogen-bond donors (Lipinski definition) is 1. The van der Waals surface area contributed by atoms with Gasteiger partial charge in [0.25, 0.3) is 0 Å². The summed E-state index contributed by atoms with van der Waals surface area (Å²) in [5.74, 6) is -1.34. The molecular weight excluding hydrogens is 457 g/mol. The lowest BCUT2D eigenvalue weighted by Crippen LogP contribution is -2.54. The van der Waals surface area contributed by atoms with Gasteiger partial charge in [0.05, 0.1) is 11.9 Å². The molecule has 0 aliphatic carbocycles. The van der Waals surface area contributed by atoms with Gasteiger partial charge >= 0.3 is 0 Å². The Balaban J connectivity index is 2.44. The second kappa shape index (κ2) is 10.5. The zero-order valence-corrected chi connectivity index (χ0v) is 21.7. The highest BCUT2D eigenvalue weighted by molar-refractivity contribution is 7.92. The number of sulfonamides is 1. The van der Waals surface area contributed by atoms with E-state index in [0.717, 1.165) is 21.7 Å². The Morgan fingerprint density at radius 1 is 1.06 bits per heavy atom. The van der Waals surface area contributed by atoms with Gasteiger partial charge in [0, 0.05) is 12.1 Å². The van der Waals surface area contributed by atoms with E-state index < -0.39 is 39.9 Å². The van der Waals surface area contributed by atoms with Crippen LogP contribution in [0.1, 0.15) is 44.4 Å². The summed E-state index contributed by atoms with van der Waals surface area (Å²) in [5.41, 5.74) is 2.13. The molecule has 2 rings (SSSR count). The zero-order chi connectivity index (χ0) is 25.8. The van der Waals surface area contributed by atoms with Gasteiger partial charge in [-0.15, -0.1) is 0 Å². The molecule has 1 unspecified atom stereocenters. The zero-order valence-electron chi connectivity index (χ0n) is 20.8. The first-order valence-corrected chi connectivity index (χ1v) is 12.8. The van der Waals surface area contributed by atoms with Crippen LogP contribution in [-0.2, 0) is 26.2 Å². The van der Waals surface area contributed by atoms with Gasteiger partial charge in [-0.05, 0) is 76.4 Å². The molecule has 0 saturated heterocycles. The van der Waals surface area contributed by atoms with Crippen molar-refractivity contribution in [3.8, 4) is 0 Å². The maximum Gasteiger partial charge on any atom is 0.244 e. The smallest absolute Gasteiger partial charge is 0.244 e. The molecular formula is C25H34FN3O4S. The summed E-state index contributed by atoms with van der Waals surface area (Å²) in [6.07, 6.45) is 1.04. The number of amides is 2. The summed E-state index contributed by atoms with van der Waals surface area (Å²) in [5, 5.41) is 2.86. The minimum atomic E-state index is -3.80. The molecule has 0 spiro atoms. The number of nitrogens with one attached hydrogen (secondary N) is 1. The Morgan fingerprint density at radius 2 is 1.65 bits per heavy atom. The summed E-state index contributed by atoms with van der Waals surface area (Å²) in [6, 6.07) is 9.96. The van der Waals surface area contributed by atoms with E-state index in [-0.39, 0.29) is 12.5 Å². The standard InChI is InChI=1S/C25H34FN3O4S/c1-17-9-8-10-22(18(17)2)29(34(7,32)33)16-23(30)28(15-20-11-13-21(26)14-12-20)19(3)24(31)27-25(4,5)6/h8-14,19H,15-16H2,1-7H3,(H,27,31). The molecule has 0 fully saturated rings. The predicted octanol–water partition coefficient (Wildman–Crippen LogP) is 3.54. The largest absolute Gasteiger partial charge is 0.350 e. The van der Waals surface area contributed by atoms with Crippen molar-refractivity contribution in [1.29, 1.82) is 0 Å². The third kappa shape index (κ3) is 7.28. The summed E-state index contributed by atoms with van der Waals surface area (Å²) in [6.45, 7) is 10.3. The average Bonchev–Trinajstić information content (AvgIpc) is 2.71. The van der Waals surface area contributed by atoms with Crippen molar-refractivity contribution in [1.82, 2.24) is 10.2 Å². The molecule has 2 aromatic rings. The number of carbonyl (C=O) groups is 2. The first kappa shape index (κ1) is 27.3. The van der Waals surface area contributed by atoms with Crippen molar-refractivity contribution in [2.24, 2.45) is 0 Å². The van der Waals surface area contributed by atoms with Gasteiger partial charge < -0.3 is 10.2 Å². The van der Waals surface area contributed by atoms with Gasteiger partial charge in [-0.2, -0.15) is 0 Å². The Kier molecular flexibility index (Phi) is 8.47. The average molecular weight is 492 g/mol. The van der Waals surface area contributed by atoms with E-state index in [9.17, 15) is 22.4 Å². The quantitative estimate of drug-likeness (QED) is 0.612. The second-order valence-corrected chi connectivity index (χ2v) is 11.5. The monoisotopic (exact) mass is 491 g/mol. The maximum atomic E-state index is 13.5. The van der Waals surface area contributed by atoms with Crippen LogP contribution < -0.4 is 9.62 Å². The van der Waals surface area contributed by atoms with Crippen molar-refractivity contribution in [3.63, 3.8) is 0 Å². The molecule has 34 heavy (non-hydrogen) atoms. The van der Waals surface area contributed by atoms with Crippen molar-refractivity contribution in [2.45, 2.75) is 59.7 Å². The fourth-order valence-corrected chi connectivity index (χ4v) is 4.34.